The van der Waals surface area contributed by atoms with Crippen LogP contribution in [0.4, 0.5) is 5.69 Å². The third kappa shape index (κ3) is 2.95. The molecule has 2 N–H and O–H groups in total. The van der Waals surface area contributed by atoms with E-state index in [-0.39, 0.29) is 5.69 Å². The van der Waals surface area contributed by atoms with E-state index in [1.807, 2.05) is 23.6 Å². The fourth-order valence-electron chi connectivity index (χ4n) is 1.86. The molecule has 3 rings (SSSR count). The van der Waals surface area contributed by atoms with Crippen LogP contribution in [0, 0.1) is 10.1 Å². The molecule has 1 aromatic carbocycles. The van der Waals surface area contributed by atoms with E-state index in [1.165, 1.54) is 33.8 Å². The number of hydrogen-bond donors (Lipinski definition) is 1. The number of nitrogens with two attached hydrogens (primary N) is 1. The van der Waals surface area contributed by atoms with Crippen molar-refractivity contribution in [2.45, 2.75) is 10.9 Å². The maximum absolute atomic E-state index is 10.8. The van der Waals surface area contributed by atoms with E-state index in [2.05, 4.69) is 10.2 Å². The fourth-order valence-corrected chi connectivity index (χ4v) is 3.36. The van der Waals surface area contributed by atoms with Crippen LogP contribution >= 0.6 is 23.1 Å². The minimum Gasteiger partial charge on any atom is -0.335 e. The molecule has 0 aliphatic rings. The summed E-state index contributed by atoms with van der Waals surface area (Å²) in [6.45, 7) is 0. The summed E-state index contributed by atoms with van der Waals surface area (Å²) in [7, 11) is 0. The van der Waals surface area contributed by atoms with Gasteiger partial charge in [-0.1, -0.05) is 30.0 Å². The van der Waals surface area contributed by atoms with Gasteiger partial charge in [-0.05, 0) is 17.0 Å². The van der Waals surface area contributed by atoms with Crippen LogP contribution in [0.15, 0.2) is 46.9 Å². The molecule has 22 heavy (non-hydrogen) atoms. The Labute approximate surface area is 133 Å². The minimum absolute atomic E-state index is 0.0755. The van der Waals surface area contributed by atoms with Gasteiger partial charge in [0.25, 0.3) is 5.69 Å². The molecule has 0 unspecified atom stereocenters. The molecular formula is C13H11N5O2S2. The maximum Gasteiger partial charge on any atom is 0.269 e. The first-order chi connectivity index (χ1) is 10.6. The second kappa shape index (κ2) is 6.16. The first kappa shape index (κ1) is 14.5. The van der Waals surface area contributed by atoms with Crippen molar-refractivity contribution in [3.63, 3.8) is 0 Å². The van der Waals surface area contributed by atoms with E-state index < -0.39 is 4.92 Å². The predicted molar refractivity (Wildman–Crippen MR) is 86.1 cm³/mol. The zero-order valence-electron chi connectivity index (χ0n) is 11.2. The van der Waals surface area contributed by atoms with E-state index >= 15 is 0 Å². The van der Waals surface area contributed by atoms with Gasteiger partial charge in [-0.15, -0.1) is 21.5 Å². The normalized spacial score (nSPS) is 10.7. The van der Waals surface area contributed by atoms with Crippen molar-refractivity contribution in [2.75, 3.05) is 5.84 Å². The highest BCUT2D eigenvalue weighted by atomic mass is 32.2. The molecule has 0 radical (unpaired) electrons. The molecule has 0 amide bonds. The molecule has 0 aliphatic heterocycles. The summed E-state index contributed by atoms with van der Waals surface area (Å²) in [5.41, 5.74) is 0.909. The topological polar surface area (TPSA) is 99.9 Å². The standard InChI is InChI=1S/C13H11N5O2S2/c14-17-12(11-5-2-6-21-11)15-16-13(17)22-8-9-3-1-4-10(7-9)18(19)20/h1-7H,8,14H2. The van der Waals surface area contributed by atoms with Gasteiger partial charge >= 0.3 is 0 Å². The van der Waals surface area contributed by atoms with Gasteiger partial charge in [0.15, 0.2) is 5.82 Å². The van der Waals surface area contributed by atoms with Crippen LogP contribution in [0.3, 0.4) is 0 Å². The molecule has 2 aromatic heterocycles. The Morgan fingerprint density at radius 3 is 2.91 bits per heavy atom. The Morgan fingerprint density at radius 1 is 1.32 bits per heavy atom. The quantitative estimate of drug-likeness (QED) is 0.333. The number of thioether (sulfide) groups is 1. The highest BCUT2D eigenvalue weighted by Crippen LogP contribution is 2.27. The predicted octanol–water partition coefficient (Wildman–Crippen LogP) is 2.92. The number of rotatable bonds is 5. The zero-order valence-corrected chi connectivity index (χ0v) is 12.9. The third-order valence-corrected chi connectivity index (χ3v) is 4.78. The van der Waals surface area contributed by atoms with E-state index in [9.17, 15) is 10.1 Å². The highest BCUT2D eigenvalue weighted by molar-refractivity contribution is 7.98. The molecular weight excluding hydrogens is 322 g/mol. The number of nitro benzene ring substituents is 1. The van der Waals surface area contributed by atoms with Crippen molar-refractivity contribution in [3.8, 4) is 10.7 Å². The van der Waals surface area contributed by atoms with Gasteiger partial charge in [-0.2, -0.15) is 0 Å². The van der Waals surface area contributed by atoms with Gasteiger partial charge in [0.05, 0.1) is 9.80 Å². The fraction of sp³-hybridized carbons (Fsp3) is 0.0769. The van der Waals surface area contributed by atoms with Crippen molar-refractivity contribution < 1.29 is 4.92 Å². The monoisotopic (exact) mass is 333 g/mol. The molecule has 0 saturated heterocycles. The Bertz CT molecular complexity index is 801. The molecule has 0 spiro atoms. The average molecular weight is 333 g/mol. The molecule has 7 nitrogen and oxygen atoms in total. The van der Waals surface area contributed by atoms with Crippen LogP contribution in [0.25, 0.3) is 10.7 Å². The van der Waals surface area contributed by atoms with Gasteiger partial charge in [0.1, 0.15) is 0 Å². The van der Waals surface area contributed by atoms with Crippen LogP contribution in [-0.4, -0.2) is 19.8 Å². The van der Waals surface area contributed by atoms with Crippen LogP contribution < -0.4 is 5.84 Å². The number of hydrogen-bond acceptors (Lipinski definition) is 7. The van der Waals surface area contributed by atoms with Gasteiger partial charge in [0.2, 0.25) is 5.16 Å². The summed E-state index contributed by atoms with van der Waals surface area (Å²) in [6, 6.07) is 10.4. The van der Waals surface area contributed by atoms with E-state index in [0.29, 0.717) is 16.7 Å². The van der Waals surface area contributed by atoms with Crippen molar-refractivity contribution in [2.24, 2.45) is 0 Å². The van der Waals surface area contributed by atoms with E-state index in [4.69, 9.17) is 5.84 Å². The van der Waals surface area contributed by atoms with Crippen molar-refractivity contribution in [1.82, 2.24) is 14.9 Å². The third-order valence-electron chi connectivity index (χ3n) is 2.90. The summed E-state index contributed by atoms with van der Waals surface area (Å²) in [6.07, 6.45) is 0. The summed E-state index contributed by atoms with van der Waals surface area (Å²) in [5.74, 6) is 7.14. The van der Waals surface area contributed by atoms with Gasteiger partial charge in [-0.25, -0.2) is 4.68 Å². The highest BCUT2D eigenvalue weighted by Gasteiger charge is 2.13. The number of nitro groups is 1. The maximum atomic E-state index is 10.8. The van der Waals surface area contributed by atoms with Crippen molar-refractivity contribution in [3.05, 3.63) is 57.5 Å². The van der Waals surface area contributed by atoms with E-state index in [1.54, 1.807) is 12.1 Å². The van der Waals surface area contributed by atoms with Gasteiger partial charge in [-0.3, -0.25) is 10.1 Å². The molecule has 3 aromatic rings. The van der Waals surface area contributed by atoms with Crippen molar-refractivity contribution in [1.29, 1.82) is 0 Å². The second-order valence-corrected chi connectivity index (χ2v) is 6.26. The molecule has 9 heteroatoms. The van der Waals surface area contributed by atoms with Gasteiger partial charge in [0, 0.05) is 17.9 Å². The average Bonchev–Trinajstić information content (AvgIpc) is 3.15. The van der Waals surface area contributed by atoms with Gasteiger partial charge < -0.3 is 5.84 Å². The number of benzene rings is 1. The Morgan fingerprint density at radius 2 is 2.18 bits per heavy atom. The number of nitrogens with zero attached hydrogens (tertiary/aromatic N) is 4. The first-order valence-corrected chi connectivity index (χ1v) is 8.12. The van der Waals surface area contributed by atoms with E-state index in [0.717, 1.165) is 10.4 Å². The molecule has 0 bridgehead atoms. The van der Waals surface area contributed by atoms with Crippen molar-refractivity contribution >= 4 is 28.8 Å². The first-order valence-electron chi connectivity index (χ1n) is 6.25. The molecule has 0 fully saturated rings. The number of aromatic nitrogens is 3. The zero-order chi connectivity index (χ0) is 15.5. The summed E-state index contributed by atoms with van der Waals surface area (Å²) in [4.78, 5) is 11.3. The minimum atomic E-state index is -0.408. The summed E-state index contributed by atoms with van der Waals surface area (Å²) < 4.78 is 1.44. The molecule has 0 saturated carbocycles. The second-order valence-electron chi connectivity index (χ2n) is 4.37. The van der Waals surface area contributed by atoms with Crippen LogP contribution in [0.1, 0.15) is 5.56 Å². The van der Waals surface area contributed by atoms with Crippen LogP contribution in [0.5, 0.6) is 0 Å². The number of nitrogen functional groups attached to an aromatic ring is 1. The van der Waals surface area contributed by atoms with Crippen LogP contribution in [-0.2, 0) is 5.75 Å². The lowest BCUT2D eigenvalue weighted by Crippen LogP contribution is -2.11. The summed E-state index contributed by atoms with van der Waals surface area (Å²) in [5, 5.41) is 21.4. The molecule has 2 heterocycles. The Hall–Kier alpha value is -2.39. The van der Waals surface area contributed by atoms with Crippen LogP contribution in [0.2, 0.25) is 0 Å². The Kier molecular flexibility index (Phi) is 4.07. The lowest BCUT2D eigenvalue weighted by molar-refractivity contribution is -0.384. The number of thiophene rings is 1. The molecule has 0 aliphatic carbocycles. The lowest BCUT2D eigenvalue weighted by atomic mass is 10.2. The summed E-state index contributed by atoms with van der Waals surface area (Å²) >= 11 is 2.92. The molecule has 112 valence electrons. The molecule has 0 atom stereocenters. The SMILES string of the molecule is Nn1c(SCc2cccc([N+](=O)[O-])c2)nnc1-c1cccs1. The number of non-ortho nitro benzene ring substituents is 1. The Balaban J connectivity index is 1.75. The largest absolute Gasteiger partial charge is 0.335 e. The smallest absolute Gasteiger partial charge is 0.269 e. The lowest BCUT2D eigenvalue weighted by Gasteiger charge is -2.02.